The molecule has 0 radical (unpaired) electrons. The Kier molecular flexibility index (Phi) is 8.00. The second kappa shape index (κ2) is 11.2. The topological polar surface area (TPSA) is 127 Å². The number of hydrogen-bond acceptors (Lipinski definition) is 8. The van der Waals surface area contributed by atoms with Crippen molar-refractivity contribution in [2.45, 2.75) is 31.6 Å². The Morgan fingerprint density at radius 3 is 2.27 bits per heavy atom. The van der Waals surface area contributed by atoms with Gasteiger partial charge in [-0.2, -0.15) is 14.8 Å². The zero-order valence-electron chi connectivity index (χ0n) is 20.2. The van der Waals surface area contributed by atoms with Gasteiger partial charge in [0.1, 0.15) is 10.0 Å². The number of para-hydroxylation sites is 1. The SMILES string of the molecule is Cc1sc(NC(=O)c2ccc(S(=O)(=O)N(CCC#N)CCC#N)cc2)c(-c2nc3ccccc3s2)c1C. The summed E-state index contributed by atoms with van der Waals surface area (Å²) in [6.07, 6.45) is 0.0313. The molecular weight excluding hydrogens is 527 g/mol. The summed E-state index contributed by atoms with van der Waals surface area (Å²) >= 11 is 3.04. The second-order valence-electron chi connectivity index (χ2n) is 8.17. The highest BCUT2D eigenvalue weighted by Gasteiger charge is 2.25. The highest BCUT2D eigenvalue weighted by molar-refractivity contribution is 7.89. The van der Waals surface area contributed by atoms with Crippen molar-refractivity contribution in [3.63, 3.8) is 0 Å². The van der Waals surface area contributed by atoms with Crippen molar-refractivity contribution in [2.24, 2.45) is 0 Å². The lowest BCUT2D eigenvalue weighted by molar-refractivity contribution is 0.102. The Morgan fingerprint density at radius 2 is 1.65 bits per heavy atom. The lowest BCUT2D eigenvalue weighted by Gasteiger charge is -2.20. The summed E-state index contributed by atoms with van der Waals surface area (Å²) in [6.45, 7) is 3.99. The van der Waals surface area contributed by atoms with Crippen LogP contribution in [0.5, 0.6) is 0 Å². The molecule has 0 aliphatic carbocycles. The zero-order valence-corrected chi connectivity index (χ0v) is 22.6. The van der Waals surface area contributed by atoms with Crippen molar-refractivity contribution in [1.29, 1.82) is 10.5 Å². The largest absolute Gasteiger partial charge is 0.313 e. The van der Waals surface area contributed by atoms with Gasteiger partial charge in [0, 0.05) is 41.9 Å². The molecule has 0 aliphatic heterocycles. The molecule has 0 saturated heterocycles. The fourth-order valence-electron chi connectivity index (χ4n) is 3.76. The van der Waals surface area contributed by atoms with Crippen LogP contribution in [0.25, 0.3) is 20.8 Å². The number of aromatic nitrogens is 1. The van der Waals surface area contributed by atoms with Crippen LogP contribution in [0.3, 0.4) is 0 Å². The third-order valence-corrected chi connectivity index (χ3v) is 9.91. The van der Waals surface area contributed by atoms with Crippen molar-refractivity contribution in [2.75, 3.05) is 18.4 Å². The van der Waals surface area contributed by atoms with E-state index in [2.05, 4.69) is 5.32 Å². The van der Waals surface area contributed by atoms with Gasteiger partial charge < -0.3 is 5.32 Å². The maximum absolute atomic E-state index is 13.1. The molecule has 0 bridgehead atoms. The Labute approximate surface area is 223 Å². The highest BCUT2D eigenvalue weighted by atomic mass is 32.2. The Balaban J connectivity index is 1.58. The maximum Gasteiger partial charge on any atom is 0.256 e. The van der Waals surface area contributed by atoms with E-state index in [0.29, 0.717) is 10.6 Å². The van der Waals surface area contributed by atoms with Crippen LogP contribution in [-0.2, 0) is 10.0 Å². The van der Waals surface area contributed by atoms with E-state index in [1.165, 1.54) is 35.6 Å². The lowest BCUT2D eigenvalue weighted by atomic mass is 10.1. The summed E-state index contributed by atoms with van der Waals surface area (Å²) in [5.74, 6) is -0.363. The summed E-state index contributed by atoms with van der Waals surface area (Å²) < 4.78 is 28.3. The predicted molar refractivity (Wildman–Crippen MR) is 146 cm³/mol. The van der Waals surface area contributed by atoms with Crippen LogP contribution in [0.15, 0.2) is 53.4 Å². The quantitative estimate of drug-likeness (QED) is 0.285. The molecule has 0 spiro atoms. The summed E-state index contributed by atoms with van der Waals surface area (Å²) in [5, 5.41) is 22.2. The minimum absolute atomic E-state index is 0.00194. The number of thiazole rings is 1. The first-order valence-electron chi connectivity index (χ1n) is 11.4. The van der Waals surface area contributed by atoms with Gasteiger partial charge in [-0.05, 0) is 55.8 Å². The average molecular weight is 550 g/mol. The molecule has 8 nitrogen and oxygen atoms in total. The van der Waals surface area contributed by atoms with Gasteiger partial charge in [0.05, 0.1) is 27.3 Å². The number of nitriles is 2. The van der Waals surface area contributed by atoms with E-state index in [1.807, 2.05) is 50.3 Å². The molecule has 0 fully saturated rings. The van der Waals surface area contributed by atoms with Gasteiger partial charge in [0.25, 0.3) is 5.91 Å². The number of anilines is 1. The number of thiophene rings is 1. The van der Waals surface area contributed by atoms with Gasteiger partial charge in [0.15, 0.2) is 0 Å². The number of carbonyl (C=O) groups excluding carboxylic acids is 1. The fraction of sp³-hybridized carbons (Fsp3) is 0.231. The van der Waals surface area contributed by atoms with Gasteiger partial charge in [-0.25, -0.2) is 13.4 Å². The highest BCUT2D eigenvalue weighted by Crippen LogP contribution is 2.43. The standard InChI is InChI=1S/C26H23N5O3S3/c1-17-18(2)35-26(23(17)25-29-21-7-3-4-8-22(21)36-25)30-24(32)19-9-11-20(12-10-19)37(33,34)31(15-5-13-27)16-6-14-28/h3-4,7-12H,5-6,15-16H2,1-2H3,(H,30,32). The molecule has 0 saturated carbocycles. The van der Waals surface area contributed by atoms with Crippen molar-refractivity contribution >= 4 is 53.8 Å². The molecule has 0 aliphatic rings. The molecule has 4 rings (SSSR count). The van der Waals surface area contributed by atoms with E-state index in [-0.39, 0.29) is 36.7 Å². The molecule has 2 aromatic carbocycles. The number of nitrogens with zero attached hydrogens (tertiary/aromatic N) is 4. The van der Waals surface area contributed by atoms with Crippen LogP contribution in [-0.4, -0.2) is 36.7 Å². The third-order valence-electron chi connectivity index (χ3n) is 5.82. The Hall–Kier alpha value is -3.61. The normalized spacial score (nSPS) is 11.4. The third kappa shape index (κ3) is 5.55. The van der Waals surface area contributed by atoms with Crippen LogP contribution >= 0.6 is 22.7 Å². The number of aryl methyl sites for hydroxylation is 1. The fourth-order valence-corrected chi connectivity index (χ4v) is 7.39. The number of sulfonamides is 1. The Morgan fingerprint density at radius 1 is 1.00 bits per heavy atom. The minimum atomic E-state index is -3.91. The first kappa shape index (κ1) is 26.5. The lowest BCUT2D eigenvalue weighted by Crippen LogP contribution is -2.32. The van der Waals surface area contributed by atoms with Crippen LogP contribution in [0, 0.1) is 36.5 Å². The van der Waals surface area contributed by atoms with Crippen molar-refractivity contribution < 1.29 is 13.2 Å². The van der Waals surface area contributed by atoms with Crippen LogP contribution in [0.4, 0.5) is 5.00 Å². The van der Waals surface area contributed by atoms with Crippen molar-refractivity contribution in [1.82, 2.24) is 9.29 Å². The van der Waals surface area contributed by atoms with Crippen molar-refractivity contribution in [3.8, 4) is 22.7 Å². The predicted octanol–water partition coefficient (Wildman–Crippen LogP) is 5.71. The molecule has 4 aromatic rings. The maximum atomic E-state index is 13.1. The molecule has 0 unspecified atom stereocenters. The molecule has 2 heterocycles. The van der Waals surface area contributed by atoms with Crippen LogP contribution < -0.4 is 5.32 Å². The second-order valence-corrected chi connectivity index (χ2v) is 12.4. The summed E-state index contributed by atoms with van der Waals surface area (Å²) in [5.41, 5.74) is 3.15. The smallest absolute Gasteiger partial charge is 0.256 e. The van der Waals surface area contributed by atoms with Gasteiger partial charge in [-0.15, -0.1) is 22.7 Å². The summed E-state index contributed by atoms with van der Waals surface area (Å²) in [6, 6.07) is 17.4. The molecule has 188 valence electrons. The number of amides is 1. The van der Waals surface area contributed by atoms with Gasteiger partial charge in [0.2, 0.25) is 10.0 Å². The molecule has 11 heteroatoms. The zero-order chi connectivity index (χ0) is 26.6. The minimum Gasteiger partial charge on any atom is -0.313 e. The molecule has 0 atom stereocenters. The van der Waals surface area contributed by atoms with E-state index in [0.717, 1.165) is 35.5 Å². The molecule has 2 aromatic heterocycles. The van der Waals surface area contributed by atoms with Crippen LogP contribution in [0.2, 0.25) is 0 Å². The van der Waals surface area contributed by atoms with E-state index in [1.54, 1.807) is 11.3 Å². The molecular formula is C26H23N5O3S3. The number of benzene rings is 2. The monoisotopic (exact) mass is 549 g/mol. The van der Waals surface area contributed by atoms with E-state index in [4.69, 9.17) is 15.5 Å². The van der Waals surface area contributed by atoms with Gasteiger partial charge in [-0.1, -0.05) is 12.1 Å². The Bertz CT molecular complexity index is 1590. The molecule has 1 amide bonds. The van der Waals surface area contributed by atoms with Crippen LogP contribution in [0.1, 0.15) is 33.6 Å². The first-order valence-corrected chi connectivity index (χ1v) is 14.4. The summed E-state index contributed by atoms with van der Waals surface area (Å²) in [7, 11) is -3.91. The first-order chi connectivity index (χ1) is 17.8. The average Bonchev–Trinajstić information content (AvgIpc) is 3.43. The number of hydrogen-bond donors (Lipinski definition) is 1. The molecule has 1 N–H and O–H groups in total. The molecule has 37 heavy (non-hydrogen) atoms. The van der Waals surface area contributed by atoms with E-state index in [9.17, 15) is 13.2 Å². The van der Waals surface area contributed by atoms with E-state index < -0.39 is 10.0 Å². The van der Waals surface area contributed by atoms with Gasteiger partial charge in [-0.3, -0.25) is 4.79 Å². The number of carbonyl (C=O) groups is 1. The number of nitrogens with one attached hydrogen (secondary N) is 1. The number of fused-ring (bicyclic) bond motifs is 1. The summed E-state index contributed by atoms with van der Waals surface area (Å²) in [4.78, 5) is 18.9. The van der Waals surface area contributed by atoms with Crippen molar-refractivity contribution in [3.05, 3.63) is 64.5 Å². The van der Waals surface area contributed by atoms with Gasteiger partial charge >= 0.3 is 0 Å². The van der Waals surface area contributed by atoms with E-state index >= 15 is 0 Å². The number of rotatable bonds is 9.